The van der Waals surface area contributed by atoms with Crippen LogP contribution in [0.3, 0.4) is 0 Å². The predicted molar refractivity (Wildman–Crippen MR) is 75.5 cm³/mol. The first kappa shape index (κ1) is 16.9. The number of hydrogen-bond acceptors (Lipinski definition) is 3. The largest absolute Gasteiger partial charge is 0.380 e. The molecule has 1 unspecified atom stereocenters. The van der Waals surface area contributed by atoms with E-state index < -0.39 is 0 Å². The average Bonchev–Trinajstić information content (AvgIpc) is 2.30. The molecule has 0 aliphatic heterocycles. The molecule has 0 saturated heterocycles. The number of hydrogen-bond donors (Lipinski definition) is 1. The summed E-state index contributed by atoms with van der Waals surface area (Å²) in [7, 11) is 0. The minimum absolute atomic E-state index is 0.639. The average molecular weight is 244 g/mol. The van der Waals surface area contributed by atoms with Crippen molar-refractivity contribution in [3.05, 3.63) is 0 Å². The molecule has 0 bridgehead atoms. The summed E-state index contributed by atoms with van der Waals surface area (Å²) in [6.45, 7) is 17.2. The molecule has 0 aliphatic rings. The van der Waals surface area contributed by atoms with E-state index >= 15 is 0 Å². The number of likely N-dealkylation sites (N-methyl/N-ethyl adjacent to an activating group) is 1. The van der Waals surface area contributed by atoms with Crippen molar-refractivity contribution in [2.75, 3.05) is 39.4 Å². The zero-order valence-electron chi connectivity index (χ0n) is 12.5. The van der Waals surface area contributed by atoms with E-state index in [9.17, 15) is 0 Å². The van der Waals surface area contributed by atoms with E-state index in [1.54, 1.807) is 0 Å². The van der Waals surface area contributed by atoms with E-state index in [0.717, 1.165) is 45.3 Å². The van der Waals surface area contributed by atoms with Gasteiger partial charge in [0.05, 0.1) is 6.61 Å². The third-order valence-electron chi connectivity index (χ3n) is 3.05. The number of rotatable bonds is 11. The first-order valence-corrected chi connectivity index (χ1v) is 7.14. The van der Waals surface area contributed by atoms with Gasteiger partial charge in [-0.1, -0.05) is 20.8 Å². The van der Waals surface area contributed by atoms with Crippen LogP contribution in [0.1, 0.15) is 41.0 Å². The fourth-order valence-electron chi connectivity index (χ4n) is 1.90. The summed E-state index contributed by atoms with van der Waals surface area (Å²) in [5, 5.41) is 3.50. The fourth-order valence-corrected chi connectivity index (χ4v) is 1.90. The molecule has 0 radical (unpaired) electrons. The molecule has 0 rings (SSSR count). The normalized spacial score (nSPS) is 13.6. The van der Waals surface area contributed by atoms with Crippen LogP contribution in [0, 0.1) is 5.92 Å². The Morgan fingerprint density at radius 3 is 2.41 bits per heavy atom. The van der Waals surface area contributed by atoms with Crippen LogP contribution in [0.25, 0.3) is 0 Å². The first-order valence-electron chi connectivity index (χ1n) is 7.14. The SMILES string of the molecule is CCOCCN(CC)C(C)CCNCC(C)C. The van der Waals surface area contributed by atoms with Crippen LogP contribution in [0.2, 0.25) is 0 Å². The topological polar surface area (TPSA) is 24.5 Å². The summed E-state index contributed by atoms with van der Waals surface area (Å²) in [6, 6.07) is 0.639. The second kappa shape index (κ2) is 11.0. The molecule has 0 saturated carbocycles. The lowest BCUT2D eigenvalue weighted by Gasteiger charge is -2.27. The van der Waals surface area contributed by atoms with Gasteiger partial charge in [-0.15, -0.1) is 0 Å². The quantitative estimate of drug-likeness (QED) is 0.565. The molecule has 0 amide bonds. The molecule has 0 aliphatic carbocycles. The molecule has 0 aromatic carbocycles. The van der Waals surface area contributed by atoms with Crippen molar-refractivity contribution in [2.24, 2.45) is 5.92 Å². The summed E-state index contributed by atoms with van der Waals surface area (Å²) in [4.78, 5) is 2.49. The molecule has 3 heteroatoms. The lowest BCUT2D eigenvalue weighted by atomic mass is 10.2. The summed E-state index contributed by atoms with van der Waals surface area (Å²) in [6.07, 6.45) is 1.21. The Morgan fingerprint density at radius 2 is 1.88 bits per heavy atom. The van der Waals surface area contributed by atoms with E-state index in [2.05, 4.69) is 44.8 Å². The highest BCUT2D eigenvalue weighted by Gasteiger charge is 2.11. The second-order valence-electron chi connectivity index (χ2n) is 5.06. The van der Waals surface area contributed by atoms with Crippen LogP contribution in [0.5, 0.6) is 0 Å². The maximum Gasteiger partial charge on any atom is 0.0593 e. The van der Waals surface area contributed by atoms with Gasteiger partial charge >= 0.3 is 0 Å². The molecular weight excluding hydrogens is 212 g/mol. The summed E-state index contributed by atoms with van der Waals surface area (Å²) in [5.41, 5.74) is 0. The van der Waals surface area contributed by atoms with Gasteiger partial charge < -0.3 is 10.1 Å². The standard InChI is InChI=1S/C14H32N2O/c1-6-16(10-11-17-7-2)14(5)8-9-15-12-13(3)4/h13-15H,6-12H2,1-5H3. The number of nitrogens with one attached hydrogen (secondary N) is 1. The molecule has 1 N–H and O–H groups in total. The van der Waals surface area contributed by atoms with Crippen molar-refractivity contribution in [3.63, 3.8) is 0 Å². The highest BCUT2D eigenvalue weighted by Crippen LogP contribution is 2.02. The van der Waals surface area contributed by atoms with Gasteiger partial charge in [-0.05, 0) is 45.8 Å². The van der Waals surface area contributed by atoms with Crippen molar-refractivity contribution in [2.45, 2.75) is 47.1 Å². The Morgan fingerprint density at radius 1 is 1.18 bits per heavy atom. The van der Waals surface area contributed by atoms with Gasteiger partial charge in [-0.2, -0.15) is 0 Å². The predicted octanol–water partition coefficient (Wildman–Crippen LogP) is 2.37. The molecule has 0 heterocycles. The molecule has 0 fully saturated rings. The molecule has 0 aromatic heterocycles. The van der Waals surface area contributed by atoms with Gasteiger partial charge in [-0.3, -0.25) is 4.90 Å². The second-order valence-corrected chi connectivity index (χ2v) is 5.06. The van der Waals surface area contributed by atoms with Crippen LogP contribution in [-0.2, 0) is 4.74 Å². The monoisotopic (exact) mass is 244 g/mol. The van der Waals surface area contributed by atoms with Crippen LogP contribution in [-0.4, -0.2) is 50.3 Å². The lowest BCUT2D eigenvalue weighted by Crippen LogP contribution is -2.38. The van der Waals surface area contributed by atoms with Gasteiger partial charge in [-0.25, -0.2) is 0 Å². The zero-order chi connectivity index (χ0) is 13.1. The molecule has 0 spiro atoms. The maximum absolute atomic E-state index is 5.42. The summed E-state index contributed by atoms with van der Waals surface area (Å²) in [5.74, 6) is 0.741. The summed E-state index contributed by atoms with van der Waals surface area (Å²) < 4.78 is 5.42. The van der Waals surface area contributed by atoms with Gasteiger partial charge in [0.15, 0.2) is 0 Å². The van der Waals surface area contributed by atoms with E-state index in [4.69, 9.17) is 4.74 Å². The fraction of sp³-hybridized carbons (Fsp3) is 1.00. The molecule has 17 heavy (non-hydrogen) atoms. The van der Waals surface area contributed by atoms with E-state index in [1.165, 1.54) is 6.42 Å². The maximum atomic E-state index is 5.42. The minimum atomic E-state index is 0.639. The highest BCUT2D eigenvalue weighted by molar-refractivity contribution is 4.67. The summed E-state index contributed by atoms with van der Waals surface area (Å²) >= 11 is 0. The van der Waals surface area contributed by atoms with Crippen molar-refractivity contribution in [1.82, 2.24) is 10.2 Å². The van der Waals surface area contributed by atoms with Crippen molar-refractivity contribution >= 4 is 0 Å². The lowest BCUT2D eigenvalue weighted by molar-refractivity contribution is 0.0982. The smallest absolute Gasteiger partial charge is 0.0593 e. The van der Waals surface area contributed by atoms with Crippen LogP contribution >= 0.6 is 0 Å². The minimum Gasteiger partial charge on any atom is -0.380 e. The van der Waals surface area contributed by atoms with Crippen molar-refractivity contribution in [3.8, 4) is 0 Å². The van der Waals surface area contributed by atoms with Crippen LogP contribution < -0.4 is 5.32 Å². The zero-order valence-corrected chi connectivity index (χ0v) is 12.5. The molecule has 3 nitrogen and oxygen atoms in total. The Labute approximate surface area is 108 Å². The number of ether oxygens (including phenoxy) is 1. The van der Waals surface area contributed by atoms with Crippen molar-refractivity contribution < 1.29 is 4.74 Å². The Bertz CT molecular complexity index is 162. The highest BCUT2D eigenvalue weighted by atomic mass is 16.5. The van der Waals surface area contributed by atoms with Gasteiger partial charge in [0, 0.05) is 19.2 Å². The Hall–Kier alpha value is -0.120. The van der Waals surface area contributed by atoms with Crippen LogP contribution in [0.15, 0.2) is 0 Å². The van der Waals surface area contributed by atoms with Gasteiger partial charge in [0.2, 0.25) is 0 Å². The molecular formula is C14H32N2O. The molecule has 1 atom stereocenters. The molecule has 104 valence electrons. The Balaban J connectivity index is 3.64. The first-order chi connectivity index (χ1) is 8.11. The molecule has 0 aromatic rings. The van der Waals surface area contributed by atoms with E-state index in [0.29, 0.717) is 6.04 Å². The van der Waals surface area contributed by atoms with E-state index in [1.807, 2.05) is 0 Å². The third-order valence-corrected chi connectivity index (χ3v) is 3.05. The van der Waals surface area contributed by atoms with E-state index in [-0.39, 0.29) is 0 Å². The van der Waals surface area contributed by atoms with Gasteiger partial charge in [0.25, 0.3) is 0 Å². The van der Waals surface area contributed by atoms with Crippen molar-refractivity contribution in [1.29, 1.82) is 0 Å². The third kappa shape index (κ3) is 9.57. The van der Waals surface area contributed by atoms with Gasteiger partial charge in [0.1, 0.15) is 0 Å². The van der Waals surface area contributed by atoms with Crippen LogP contribution in [0.4, 0.5) is 0 Å². The number of nitrogens with zero attached hydrogens (tertiary/aromatic N) is 1. The Kier molecular flexibility index (Phi) is 10.9.